The maximum atomic E-state index is 13.1. The van der Waals surface area contributed by atoms with Crippen molar-refractivity contribution in [3.63, 3.8) is 0 Å². The Morgan fingerprint density at radius 3 is 1.62 bits per heavy atom. The van der Waals surface area contributed by atoms with Gasteiger partial charge >= 0.3 is 42.1 Å². The van der Waals surface area contributed by atoms with Crippen LogP contribution in [0.5, 0.6) is 0 Å². The van der Waals surface area contributed by atoms with Gasteiger partial charge in [-0.1, -0.05) is 0 Å². The van der Waals surface area contributed by atoms with Crippen molar-refractivity contribution in [3.05, 3.63) is 0 Å². The molecule has 0 radical (unpaired) electrons. The van der Waals surface area contributed by atoms with Crippen molar-refractivity contribution >= 4 is 10.1 Å². The van der Waals surface area contributed by atoms with Gasteiger partial charge in [0.25, 0.3) is 0 Å². The summed E-state index contributed by atoms with van der Waals surface area (Å²) in [6.07, 6.45) is -14.0. The molecule has 0 saturated heterocycles. The molecule has 0 bridgehead atoms. The molecular formula is C9H9F10LiO3S. The molecule has 1 atom stereocenters. The van der Waals surface area contributed by atoms with Gasteiger partial charge in [-0.3, -0.25) is 0 Å². The first-order valence-electron chi connectivity index (χ1n) is 5.67. The van der Waals surface area contributed by atoms with Crippen LogP contribution in [0.2, 0.25) is 0 Å². The van der Waals surface area contributed by atoms with E-state index < -0.39 is 65.2 Å². The number of unbranched alkanes of at least 4 members (excludes halogenated alkanes) is 1. The van der Waals surface area contributed by atoms with Crippen molar-refractivity contribution in [3.8, 4) is 0 Å². The predicted octanol–water partition coefficient (Wildman–Crippen LogP) is 0.860. The minimum absolute atomic E-state index is 0. The van der Waals surface area contributed by atoms with Crippen molar-refractivity contribution in [2.45, 2.75) is 55.1 Å². The van der Waals surface area contributed by atoms with Crippen molar-refractivity contribution in [1.82, 2.24) is 0 Å². The molecule has 0 rings (SSSR count). The van der Waals surface area contributed by atoms with E-state index in [4.69, 9.17) is 0 Å². The molecule has 0 fully saturated rings. The molecule has 1 unspecified atom stereocenters. The second-order valence-corrected chi connectivity index (χ2v) is 5.92. The van der Waals surface area contributed by atoms with E-state index >= 15 is 0 Å². The summed E-state index contributed by atoms with van der Waals surface area (Å²) in [4.78, 5) is 0. The Morgan fingerprint density at radius 2 is 1.29 bits per heavy atom. The second-order valence-electron chi connectivity index (χ2n) is 4.50. The average molecular weight is 394 g/mol. The minimum atomic E-state index is -7.25. The van der Waals surface area contributed by atoms with E-state index in [-0.39, 0.29) is 18.9 Å². The summed E-state index contributed by atoms with van der Waals surface area (Å²) in [5, 5.41) is -6.81. The summed E-state index contributed by atoms with van der Waals surface area (Å²) < 4.78 is 155. The maximum absolute atomic E-state index is 13.1. The van der Waals surface area contributed by atoms with Gasteiger partial charge in [-0.25, -0.2) is 12.8 Å². The molecule has 0 amide bonds. The van der Waals surface area contributed by atoms with Gasteiger partial charge in [0.2, 0.25) is 0 Å². The Labute approximate surface area is 141 Å². The fraction of sp³-hybridized carbons (Fsp3) is 1.00. The molecule has 0 N–H and O–H groups in total. The molecule has 0 aromatic heterocycles. The van der Waals surface area contributed by atoms with Gasteiger partial charge in [-0.15, -0.1) is 0 Å². The van der Waals surface area contributed by atoms with E-state index in [1.807, 2.05) is 0 Å². The van der Waals surface area contributed by atoms with Crippen LogP contribution >= 0.6 is 0 Å². The maximum Gasteiger partial charge on any atom is 1.00 e. The Balaban J connectivity index is 0. The smallest absolute Gasteiger partial charge is 0.743 e. The Morgan fingerprint density at radius 1 is 0.875 bits per heavy atom. The van der Waals surface area contributed by atoms with Crippen molar-refractivity contribution < 1.29 is 75.7 Å². The van der Waals surface area contributed by atoms with E-state index in [1.165, 1.54) is 0 Å². The zero-order chi connectivity index (χ0) is 18.9. The monoisotopic (exact) mass is 394 g/mol. The SMILES string of the molecule is O=S(=O)([O-])C(F)(F)C(F)(F)C(F)(F)C(F)CCCCC(F)(F)F.[Li+]. The molecule has 140 valence electrons. The summed E-state index contributed by atoms with van der Waals surface area (Å²) in [6.45, 7) is 0. The van der Waals surface area contributed by atoms with Crippen LogP contribution in [-0.2, 0) is 10.1 Å². The van der Waals surface area contributed by atoms with Gasteiger partial charge in [-0.05, 0) is 19.3 Å². The first kappa shape index (κ1) is 26.0. The largest absolute Gasteiger partial charge is 1.00 e. The van der Waals surface area contributed by atoms with Gasteiger partial charge in [-0.2, -0.15) is 39.5 Å². The first-order valence-corrected chi connectivity index (χ1v) is 7.08. The number of alkyl halides is 10. The van der Waals surface area contributed by atoms with Crippen molar-refractivity contribution in [1.29, 1.82) is 0 Å². The molecule has 24 heavy (non-hydrogen) atoms. The van der Waals surface area contributed by atoms with E-state index in [0.717, 1.165) is 0 Å². The van der Waals surface area contributed by atoms with Gasteiger partial charge < -0.3 is 4.55 Å². The molecule has 0 aromatic rings. The minimum Gasteiger partial charge on any atom is -0.743 e. The van der Waals surface area contributed by atoms with Crippen LogP contribution in [0.3, 0.4) is 0 Å². The number of hydrogen-bond acceptors (Lipinski definition) is 3. The van der Waals surface area contributed by atoms with E-state index in [0.29, 0.717) is 0 Å². The van der Waals surface area contributed by atoms with Crippen LogP contribution in [0.25, 0.3) is 0 Å². The molecule has 15 heteroatoms. The molecule has 0 aliphatic carbocycles. The molecule has 0 aromatic carbocycles. The zero-order valence-electron chi connectivity index (χ0n) is 11.8. The van der Waals surface area contributed by atoms with Crippen molar-refractivity contribution in [2.75, 3.05) is 0 Å². The van der Waals surface area contributed by atoms with Gasteiger partial charge in [0.1, 0.15) is 0 Å². The van der Waals surface area contributed by atoms with Crippen molar-refractivity contribution in [2.24, 2.45) is 0 Å². The molecular weight excluding hydrogens is 385 g/mol. The normalized spacial score (nSPS) is 15.8. The predicted molar refractivity (Wildman–Crippen MR) is 54.0 cm³/mol. The van der Waals surface area contributed by atoms with Crippen LogP contribution in [0.4, 0.5) is 43.9 Å². The molecule has 0 aliphatic rings. The third-order valence-electron chi connectivity index (χ3n) is 2.66. The number of rotatable bonds is 8. The zero-order valence-corrected chi connectivity index (χ0v) is 12.6. The Hall–Kier alpha value is -0.193. The number of hydrogen-bond donors (Lipinski definition) is 0. The third kappa shape index (κ3) is 5.67. The summed E-state index contributed by atoms with van der Waals surface area (Å²) in [5.74, 6) is -13.2. The average Bonchev–Trinajstić information content (AvgIpc) is 2.31. The fourth-order valence-electron chi connectivity index (χ4n) is 1.38. The van der Waals surface area contributed by atoms with Crippen LogP contribution in [-0.4, -0.2) is 42.4 Å². The van der Waals surface area contributed by atoms with Crippen LogP contribution in [0, 0.1) is 0 Å². The summed E-state index contributed by atoms with van der Waals surface area (Å²) in [6, 6.07) is 0. The standard InChI is InChI=1S/C9H10F10O3S.Li/c10-5(3-1-2-4-6(11,12)13)7(14,15)8(16,17)9(18,19)23(20,21)22;/h5H,1-4H2,(H,20,21,22);/q;+1/p-1. The quantitative estimate of drug-likeness (QED) is 0.266. The third-order valence-corrected chi connectivity index (χ3v) is 3.54. The summed E-state index contributed by atoms with van der Waals surface area (Å²) >= 11 is 0. The molecule has 0 saturated carbocycles. The Bertz CT molecular complexity index is 504. The van der Waals surface area contributed by atoms with Crippen LogP contribution in [0.1, 0.15) is 25.7 Å². The first-order chi connectivity index (χ1) is 9.88. The van der Waals surface area contributed by atoms with E-state index in [2.05, 4.69) is 0 Å². The van der Waals surface area contributed by atoms with E-state index in [1.54, 1.807) is 0 Å². The molecule has 3 nitrogen and oxygen atoms in total. The summed E-state index contributed by atoms with van der Waals surface area (Å²) in [5.41, 5.74) is 0. The Kier molecular flexibility index (Phi) is 8.69. The fourth-order valence-corrected chi connectivity index (χ4v) is 1.83. The van der Waals surface area contributed by atoms with E-state index in [9.17, 15) is 56.9 Å². The van der Waals surface area contributed by atoms with Crippen LogP contribution in [0.15, 0.2) is 0 Å². The molecule has 0 spiro atoms. The molecule has 0 heterocycles. The second kappa shape index (κ2) is 8.01. The van der Waals surface area contributed by atoms with Gasteiger partial charge in [0.15, 0.2) is 16.3 Å². The van der Waals surface area contributed by atoms with Crippen LogP contribution < -0.4 is 18.9 Å². The van der Waals surface area contributed by atoms with Gasteiger partial charge in [0, 0.05) is 6.42 Å². The van der Waals surface area contributed by atoms with Gasteiger partial charge in [0.05, 0.1) is 0 Å². The molecule has 0 aliphatic heterocycles. The topological polar surface area (TPSA) is 57.2 Å². The summed E-state index contributed by atoms with van der Waals surface area (Å²) in [7, 11) is -7.25. The number of halogens is 10.